The second-order valence-corrected chi connectivity index (χ2v) is 10.8. The smallest absolute Gasteiger partial charge is 0.471 e. The summed E-state index contributed by atoms with van der Waals surface area (Å²) in [5, 5.41) is 0.493. The number of amides is 2. The molecule has 0 saturated carbocycles. The van der Waals surface area contributed by atoms with Gasteiger partial charge in [0, 0.05) is 43.9 Å². The molecule has 2 N–H and O–H groups in total. The fraction of sp³-hybridized carbons (Fsp3) is 0.542. The maximum Gasteiger partial charge on any atom is 0.493 e. The third-order valence-electron chi connectivity index (χ3n) is 6.10. The summed E-state index contributed by atoms with van der Waals surface area (Å²) in [7, 11) is 0. The van der Waals surface area contributed by atoms with Crippen molar-refractivity contribution in [3.63, 3.8) is 0 Å². The van der Waals surface area contributed by atoms with Gasteiger partial charge in [0.15, 0.2) is 0 Å². The summed E-state index contributed by atoms with van der Waals surface area (Å²) in [6.07, 6.45) is -6.84. The van der Waals surface area contributed by atoms with E-state index >= 15 is 0 Å². The van der Waals surface area contributed by atoms with Gasteiger partial charge in [0.1, 0.15) is 22.7 Å². The SMILES string of the molecule is CC(C)N1C(=O)C(Br)=C(OCc2ccc(F)cc2F)N(OC(=O)C(F)(F)F)C1N1CCN(C(=O)C(C)(C)N)CC1. The molecule has 2 aliphatic rings. The minimum Gasteiger partial charge on any atom is -0.471 e. The summed E-state index contributed by atoms with van der Waals surface area (Å²) in [6.45, 7) is 5.97. The average Bonchev–Trinajstić information content (AvgIpc) is 2.85. The zero-order valence-electron chi connectivity index (χ0n) is 22.1. The van der Waals surface area contributed by atoms with Crippen LogP contribution in [0, 0.1) is 11.6 Å². The molecule has 10 nitrogen and oxygen atoms in total. The van der Waals surface area contributed by atoms with E-state index in [-0.39, 0.29) is 37.6 Å². The quantitative estimate of drug-likeness (QED) is 0.453. The Kier molecular flexibility index (Phi) is 9.36. The summed E-state index contributed by atoms with van der Waals surface area (Å²) in [5.41, 5.74) is 4.57. The minimum atomic E-state index is -5.41. The van der Waals surface area contributed by atoms with Crippen molar-refractivity contribution in [1.82, 2.24) is 19.8 Å². The van der Waals surface area contributed by atoms with Gasteiger partial charge in [-0.2, -0.15) is 13.2 Å². The van der Waals surface area contributed by atoms with Gasteiger partial charge < -0.3 is 20.2 Å². The molecule has 0 aliphatic carbocycles. The normalized spacial score (nSPS) is 19.4. The lowest BCUT2D eigenvalue weighted by Crippen LogP contribution is -2.68. The Balaban J connectivity index is 2.01. The fourth-order valence-corrected chi connectivity index (χ4v) is 4.65. The number of nitrogens with two attached hydrogens (primary N) is 1. The van der Waals surface area contributed by atoms with Gasteiger partial charge in [0.2, 0.25) is 18.1 Å². The first-order chi connectivity index (χ1) is 18.4. The van der Waals surface area contributed by atoms with E-state index in [0.29, 0.717) is 11.1 Å². The van der Waals surface area contributed by atoms with Gasteiger partial charge >= 0.3 is 12.1 Å². The molecule has 0 spiro atoms. The van der Waals surface area contributed by atoms with Crippen molar-refractivity contribution >= 4 is 33.7 Å². The number of ether oxygens (including phenoxy) is 1. The summed E-state index contributed by atoms with van der Waals surface area (Å²) in [5.74, 6) is -6.14. The second kappa shape index (κ2) is 11.9. The van der Waals surface area contributed by atoms with Crippen LogP contribution in [0.4, 0.5) is 22.0 Å². The molecule has 0 aromatic heterocycles. The van der Waals surface area contributed by atoms with Crippen molar-refractivity contribution in [3.05, 3.63) is 45.8 Å². The average molecular weight is 642 g/mol. The van der Waals surface area contributed by atoms with E-state index in [4.69, 9.17) is 15.3 Å². The number of rotatable bonds is 7. The van der Waals surface area contributed by atoms with Crippen LogP contribution in [0.25, 0.3) is 0 Å². The molecule has 1 aromatic rings. The number of piperazine rings is 1. The molecule has 2 amide bonds. The van der Waals surface area contributed by atoms with Crippen molar-refractivity contribution < 1.29 is 45.9 Å². The molecule has 0 bridgehead atoms. The number of alkyl halides is 3. The van der Waals surface area contributed by atoms with Crippen LogP contribution >= 0.6 is 15.9 Å². The van der Waals surface area contributed by atoms with Crippen molar-refractivity contribution in [1.29, 1.82) is 0 Å². The van der Waals surface area contributed by atoms with Gasteiger partial charge in [-0.15, -0.1) is 5.06 Å². The largest absolute Gasteiger partial charge is 0.493 e. The molecule has 1 unspecified atom stereocenters. The van der Waals surface area contributed by atoms with Crippen molar-refractivity contribution in [2.24, 2.45) is 5.73 Å². The molecule has 16 heteroatoms. The Morgan fingerprint density at radius 2 is 1.73 bits per heavy atom. The van der Waals surface area contributed by atoms with Crippen molar-refractivity contribution in [2.75, 3.05) is 26.2 Å². The number of carbonyl (C=O) groups is 3. The summed E-state index contributed by atoms with van der Waals surface area (Å²) >= 11 is 3.03. The first-order valence-corrected chi connectivity index (χ1v) is 12.9. The van der Waals surface area contributed by atoms with Crippen LogP contribution in [0.3, 0.4) is 0 Å². The highest BCUT2D eigenvalue weighted by Crippen LogP contribution is 2.35. The Labute approximate surface area is 235 Å². The van der Waals surface area contributed by atoms with E-state index < -0.39 is 64.5 Å². The summed E-state index contributed by atoms with van der Waals surface area (Å²) < 4.78 is 72.7. The summed E-state index contributed by atoms with van der Waals surface area (Å²) in [6, 6.07) is 1.98. The van der Waals surface area contributed by atoms with Crippen LogP contribution in [-0.4, -0.2) is 87.8 Å². The lowest BCUT2D eigenvalue weighted by atomic mass is 10.0. The number of carbonyl (C=O) groups excluding carboxylic acids is 3. The number of halogens is 6. The number of benzene rings is 1. The molecular weight excluding hydrogens is 613 g/mol. The van der Waals surface area contributed by atoms with E-state index in [2.05, 4.69) is 15.9 Å². The van der Waals surface area contributed by atoms with Crippen molar-refractivity contribution in [2.45, 2.75) is 58.3 Å². The van der Waals surface area contributed by atoms with Gasteiger partial charge in [-0.25, -0.2) is 13.6 Å². The lowest BCUT2D eigenvalue weighted by molar-refractivity contribution is -0.281. The van der Waals surface area contributed by atoms with Gasteiger partial charge in [0.25, 0.3) is 5.91 Å². The van der Waals surface area contributed by atoms with Crippen LogP contribution in [0.2, 0.25) is 0 Å². The maximum atomic E-state index is 14.2. The molecule has 222 valence electrons. The zero-order valence-corrected chi connectivity index (χ0v) is 23.7. The van der Waals surface area contributed by atoms with Crippen molar-refractivity contribution in [3.8, 4) is 0 Å². The number of nitrogens with zero attached hydrogens (tertiary/aromatic N) is 4. The van der Waals surface area contributed by atoms with Gasteiger partial charge in [0.05, 0.1) is 5.54 Å². The third kappa shape index (κ3) is 6.83. The van der Waals surface area contributed by atoms with Gasteiger partial charge in [-0.3, -0.25) is 19.4 Å². The monoisotopic (exact) mass is 641 g/mol. The second-order valence-electron chi connectivity index (χ2n) is 10.0. The molecule has 3 rings (SSSR count). The molecule has 1 fully saturated rings. The van der Waals surface area contributed by atoms with E-state index in [1.165, 1.54) is 28.5 Å². The fourth-order valence-electron chi connectivity index (χ4n) is 4.15. The highest BCUT2D eigenvalue weighted by molar-refractivity contribution is 9.12. The van der Waals surface area contributed by atoms with E-state index in [1.807, 2.05) is 0 Å². The first kappa shape index (κ1) is 31.5. The standard InChI is InChI=1S/C24H29BrF5N5O5/c1-13(2)34-18(36)17(25)19(39-12-14-5-6-15(26)11-16(14)27)35(40-21(38)24(28,29)30)22(34)33-9-7-32(8-10-33)20(37)23(3,4)31/h5-6,11,13,22H,7-10,12,31H2,1-4H3. The first-order valence-electron chi connectivity index (χ1n) is 12.1. The Morgan fingerprint density at radius 3 is 2.23 bits per heavy atom. The molecule has 40 heavy (non-hydrogen) atoms. The Bertz CT molecular complexity index is 1180. The molecular formula is C24H29BrF5N5O5. The lowest BCUT2D eigenvalue weighted by Gasteiger charge is -2.50. The minimum absolute atomic E-state index is 0.0561. The van der Waals surface area contributed by atoms with Gasteiger partial charge in [-0.05, 0) is 55.8 Å². The third-order valence-corrected chi connectivity index (χ3v) is 6.77. The zero-order chi connectivity index (χ0) is 30.2. The highest BCUT2D eigenvalue weighted by atomic mass is 79.9. The topological polar surface area (TPSA) is 109 Å². The number of hydrogen-bond donors (Lipinski definition) is 1. The van der Waals surface area contributed by atoms with E-state index in [1.54, 1.807) is 13.8 Å². The Hall–Kier alpha value is -2.98. The van der Waals surface area contributed by atoms with Crippen LogP contribution in [0.1, 0.15) is 33.3 Å². The predicted octanol–water partition coefficient (Wildman–Crippen LogP) is 2.78. The van der Waals surface area contributed by atoms with Crippen LogP contribution in [0.5, 0.6) is 0 Å². The predicted molar refractivity (Wildman–Crippen MR) is 133 cm³/mol. The number of hydroxylamine groups is 2. The molecule has 0 radical (unpaired) electrons. The van der Waals surface area contributed by atoms with Crippen LogP contribution in [0.15, 0.2) is 28.6 Å². The number of hydrogen-bond acceptors (Lipinski definition) is 8. The maximum absolute atomic E-state index is 14.2. The highest BCUT2D eigenvalue weighted by Gasteiger charge is 2.51. The van der Waals surface area contributed by atoms with Gasteiger partial charge in [-0.1, -0.05) is 0 Å². The molecule has 2 heterocycles. The van der Waals surface area contributed by atoms with E-state index in [0.717, 1.165) is 12.1 Å². The molecule has 1 atom stereocenters. The molecule has 2 aliphatic heterocycles. The summed E-state index contributed by atoms with van der Waals surface area (Å²) in [4.78, 5) is 47.0. The molecule has 1 aromatic carbocycles. The van der Waals surface area contributed by atoms with Crippen LogP contribution in [-0.2, 0) is 30.6 Å². The van der Waals surface area contributed by atoms with E-state index in [9.17, 15) is 36.3 Å². The Morgan fingerprint density at radius 1 is 1.12 bits per heavy atom. The van der Waals surface area contributed by atoms with Crippen LogP contribution < -0.4 is 5.73 Å². The molecule has 1 saturated heterocycles.